The van der Waals surface area contributed by atoms with Crippen LogP contribution in [0.1, 0.15) is 12.5 Å². The quantitative estimate of drug-likeness (QED) is 0.346. The summed E-state index contributed by atoms with van der Waals surface area (Å²) in [5.74, 6) is 1.38. The third-order valence-corrected chi connectivity index (χ3v) is 4.55. The van der Waals surface area contributed by atoms with Crippen LogP contribution >= 0.6 is 35.4 Å². The minimum absolute atomic E-state index is 0.378. The van der Waals surface area contributed by atoms with Crippen LogP contribution in [0.4, 0.5) is 0 Å². The molecule has 0 unspecified atom stereocenters. The Morgan fingerprint density at radius 2 is 2.04 bits per heavy atom. The minimum Gasteiger partial charge on any atom is -0.494 e. The van der Waals surface area contributed by atoms with Crippen LogP contribution in [0.3, 0.4) is 0 Å². The van der Waals surface area contributed by atoms with E-state index in [2.05, 4.69) is 20.8 Å². The van der Waals surface area contributed by atoms with Crippen molar-refractivity contribution in [3.63, 3.8) is 0 Å². The first-order valence-electron chi connectivity index (χ1n) is 7.74. The Morgan fingerprint density at radius 3 is 2.77 bits per heavy atom. The molecule has 3 aromatic rings. The number of aromatic nitrogens is 3. The topological polar surface area (TPSA) is 67.2 Å². The first kappa shape index (κ1) is 18.4. The Bertz CT molecular complexity index is 982. The standard InChI is InChI=1S/C17H15Cl2N5OS/c1-2-25-13-8-6-11(7-9-13)16-21-22-17(26)24(16)23-20-10-12-4-3-5-14(18)15(12)19/h3-10,23H,2H2,1H3,(H,22,26)/b20-10-. The summed E-state index contributed by atoms with van der Waals surface area (Å²) < 4.78 is 7.38. The molecule has 2 N–H and O–H groups in total. The first-order valence-corrected chi connectivity index (χ1v) is 8.90. The summed E-state index contributed by atoms with van der Waals surface area (Å²) in [7, 11) is 0. The molecule has 0 saturated heterocycles. The van der Waals surface area contributed by atoms with Gasteiger partial charge in [0, 0.05) is 11.1 Å². The summed E-state index contributed by atoms with van der Waals surface area (Å²) in [5.41, 5.74) is 4.39. The molecule has 0 aliphatic heterocycles. The van der Waals surface area contributed by atoms with E-state index in [4.69, 9.17) is 40.2 Å². The molecule has 0 radical (unpaired) electrons. The summed E-state index contributed by atoms with van der Waals surface area (Å²) in [5, 5.41) is 12.1. The Hall–Kier alpha value is -2.35. The Balaban J connectivity index is 1.83. The third-order valence-electron chi connectivity index (χ3n) is 3.44. The van der Waals surface area contributed by atoms with Crippen molar-refractivity contribution in [1.82, 2.24) is 14.9 Å². The molecule has 6 nitrogen and oxygen atoms in total. The van der Waals surface area contributed by atoms with Crippen molar-refractivity contribution in [2.75, 3.05) is 12.1 Å². The molecule has 0 spiro atoms. The predicted molar refractivity (Wildman–Crippen MR) is 107 cm³/mol. The number of nitrogens with one attached hydrogen (secondary N) is 2. The van der Waals surface area contributed by atoms with E-state index >= 15 is 0 Å². The highest BCUT2D eigenvalue weighted by Crippen LogP contribution is 2.24. The summed E-state index contributed by atoms with van der Waals surface area (Å²) >= 11 is 17.4. The number of benzene rings is 2. The van der Waals surface area contributed by atoms with Crippen LogP contribution in [0, 0.1) is 4.77 Å². The zero-order chi connectivity index (χ0) is 18.5. The number of hydrazone groups is 1. The van der Waals surface area contributed by atoms with Crippen molar-refractivity contribution >= 4 is 41.6 Å². The van der Waals surface area contributed by atoms with Crippen molar-refractivity contribution < 1.29 is 4.74 Å². The molecule has 0 atom stereocenters. The van der Waals surface area contributed by atoms with Crippen molar-refractivity contribution in [2.45, 2.75) is 6.92 Å². The van der Waals surface area contributed by atoms with E-state index in [1.54, 1.807) is 29.1 Å². The van der Waals surface area contributed by atoms with E-state index in [0.717, 1.165) is 11.3 Å². The minimum atomic E-state index is 0.378. The summed E-state index contributed by atoms with van der Waals surface area (Å²) in [4.78, 5) is 0. The number of aromatic amines is 1. The van der Waals surface area contributed by atoms with Gasteiger partial charge >= 0.3 is 0 Å². The SMILES string of the molecule is CCOc1ccc(-c2n[nH]c(=S)n2N/N=C\c2cccc(Cl)c2Cl)cc1. The summed E-state index contributed by atoms with van der Waals surface area (Å²) in [6, 6.07) is 12.8. The van der Waals surface area contributed by atoms with Gasteiger partial charge in [0.15, 0.2) is 5.82 Å². The molecule has 0 amide bonds. The monoisotopic (exact) mass is 407 g/mol. The number of hydrogen-bond acceptors (Lipinski definition) is 5. The maximum Gasteiger partial charge on any atom is 0.216 e. The van der Waals surface area contributed by atoms with E-state index < -0.39 is 0 Å². The molecule has 2 aromatic carbocycles. The highest BCUT2D eigenvalue weighted by molar-refractivity contribution is 7.71. The molecule has 26 heavy (non-hydrogen) atoms. The van der Waals surface area contributed by atoms with Gasteiger partial charge in [-0.1, -0.05) is 35.3 Å². The Morgan fingerprint density at radius 1 is 1.27 bits per heavy atom. The molecule has 1 heterocycles. The molecular formula is C17H15Cl2N5OS. The predicted octanol–water partition coefficient (Wildman–Crippen LogP) is 4.89. The smallest absolute Gasteiger partial charge is 0.216 e. The lowest BCUT2D eigenvalue weighted by atomic mass is 10.2. The van der Waals surface area contributed by atoms with E-state index in [1.165, 1.54) is 0 Å². The maximum atomic E-state index is 6.14. The Labute approximate surface area is 165 Å². The number of ether oxygens (including phenoxy) is 1. The van der Waals surface area contributed by atoms with E-state index in [0.29, 0.717) is 32.8 Å². The lowest BCUT2D eigenvalue weighted by Gasteiger charge is -2.07. The molecule has 0 aliphatic carbocycles. The fourth-order valence-corrected chi connectivity index (χ4v) is 2.76. The van der Waals surface area contributed by atoms with Crippen molar-refractivity contribution in [3.8, 4) is 17.1 Å². The third kappa shape index (κ3) is 4.07. The van der Waals surface area contributed by atoms with Gasteiger partial charge in [0.25, 0.3) is 0 Å². The van der Waals surface area contributed by atoms with Gasteiger partial charge in [-0.05, 0) is 49.5 Å². The number of hydrogen-bond donors (Lipinski definition) is 2. The molecule has 0 aliphatic rings. The van der Waals surface area contributed by atoms with Crippen molar-refractivity contribution in [1.29, 1.82) is 0 Å². The van der Waals surface area contributed by atoms with Crippen molar-refractivity contribution in [3.05, 3.63) is 62.8 Å². The second-order valence-corrected chi connectivity index (χ2v) is 6.32. The van der Waals surface area contributed by atoms with Gasteiger partial charge in [-0.2, -0.15) is 14.9 Å². The van der Waals surface area contributed by atoms with Crippen LogP contribution in [0.15, 0.2) is 47.6 Å². The van der Waals surface area contributed by atoms with Crippen molar-refractivity contribution in [2.24, 2.45) is 5.10 Å². The highest BCUT2D eigenvalue weighted by atomic mass is 35.5. The van der Waals surface area contributed by atoms with Gasteiger partial charge in [0.05, 0.1) is 22.9 Å². The average Bonchev–Trinajstić information content (AvgIpc) is 3.00. The van der Waals surface area contributed by atoms with Crippen LogP contribution < -0.4 is 10.3 Å². The normalized spacial score (nSPS) is 11.0. The van der Waals surface area contributed by atoms with Gasteiger partial charge in [-0.3, -0.25) is 0 Å². The molecule has 1 aromatic heterocycles. The number of halogens is 2. The largest absolute Gasteiger partial charge is 0.494 e. The number of rotatable bonds is 6. The van der Waals surface area contributed by atoms with Crippen LogP contribution in [-0.4, -0.2) is 27.7 Å². The van der Waals surface area contributed by atoms with E-state index in [-0.39, 0.29) is 0 Å². The Kier molecular flexibility index (Phi) is 5.92. The average molecular weight is 408 g/mol. The van der Waals surface area contributed by atoms with E-state index in [9.17, 15) is 0 Å². The van der Waals surface area contributed by atoms with Crippen LogP contribution in [0.25, 0.3) is 11.4 Å². The van der Waals surface area contributed by atoms with Gasteiger partial charge in [-0.25, -0.2) is 10.6 Å². The molecule has 0 saturated carbocycles. The zero-order valence-corrected chi connectivity index (χ0v) is 16.1. The molecule has 0 fully saturated rings. The molecule has 134 valence electrons. The summed E-state index contributed by atoms with van der Waals surface area (Å²) in [6.45, 7) is 2.55. The molecular weight excluding hydrogens is 393 g/mol. The second-order valence-electron chi connectivity index (χ2n) is 5.15. The fourth-order valence-electron chi connectivity index (χ4n) is 2.23. The molecule has 0 bridgehead atoms. The maximum absolute atomic E-state index is 6.14. The lowest BCUT2D eigenvalue weighted by Crippen LogP contribution is -2.10. The van der Waals surface area contributed by atoms with Gasteiger partial charge in [-0.15, -0.1) is 0 Å². The van der Waals surface area contributed by atoms with Gasteiger partial charge in [0.2, 0.25) is 4.77 Å². The first-order chi connectivity index (χ1) is 12.6. The zero-order valence-electron chi connectivity index (χ0n) is 13.7. The van der Waals surface area contributed by atoms with Gasteiger partial charge in [0.1, 0.15) is 5.75 Å². The van der Waals surface area contributed by atoms with Crippen LogP contribution in [0.5, 0.6) is 5.75 Å². The number of H-pyrrole nitrogens is 1. The van der Waals surface area contributed by atoms with E-state index in [1.807, 2.05) is 31.2 Å². The van der Waals surface area contributed by atoms with Crippen LogP contribution in [-0.2, 0) is 0 Å². The van der Waals surface area contributed by atoms with Gasteiger partial charge < -0.3 is 4.74 Å². The second kappa shape index (κ2) is 8.35. The molecule has 9 heteroatoms. The lowest BCUT2D eigenvalue weighted by molar-refractivity contribution is 0.340. The highest BCUT2D eigenvalue weighted by Gasteiger charge is 2.09. The summed E-state index contributed by atoms with van der Waals surface area (Å²) in [6.07, 6.45) is 1.56. The van der Waals surface area contributed by atoms with Crippen LogP contribution in [0.2, 0.25) is 10.0 Å². The molecule has 3 rings (SSSR count). The number of nitrogens with zero attached hydrogens (tertiary/aromatic N) is 3. The fraction of sp³-hybridized carbons (Fsp3) is 0.118.